The second kappa shape index (κ2) is 4.45. The number of carboxylic acid groups (broad SMARTS) is 1. The Morgan fingerprint density at radius 2 is 2.06 bits per heavy atom. The van der Waals surface area contributed by atoms with E-state index in [2.05, 4.69) is 4.98 Å². The summed E-state index contributed by atoms with van der Waals surface area (Å²) in [7, 11) is 0. The number of carbonyl (C=O) groups excluding carboxylic acids is 1. The van der Waals surface area contributed by atoms with E-state index in [0.717, 1.165) is 15.4 Å². The highest BCUT2D eigenvalue weighted by molar-refractivity contribution is 7.15. The molecule has 0 aliphatic carbocycles. The molecule has 0 saturated heterocycles. The molecule has 2 rings (SSSR count). The van der Waals surface area contributed by atoms with Gasteiger partial charge in [-0.15, -0.1) is 11.3 Å². The number of benzene rings is 1. The summed E-state index contributed by atoms with van der Waals surface area (Å²) >= 11 is 1.51. The van der Waals surface area contributed by atoms with Crippen LogP contribution in [0.4, 0.5) is 0 Å². The van der Waals surface area contributed by atoms with Crippen molar-refractivity contribution in [2.75, 3.05) is 0 Å². The molecule has 0 aliphatic rings. The Bertz CT molecular complexity index is 505. The number of nitrogens with zero attached hydrogens (tertiary/aromatic N) is 1. The number of carbonyl (C=O) groups is 1. The first-order chi connectivity index (χ1) is 7.66. The summed E-state index contributed by atoms with van der Waals surface area (Å²) in [4.78, 5) is 15.8. The van der Waals surface area contributed by atoms with Gasteiger partial charge in [0.2, 0.25) is 0 Å². The smallest absolute Gasteiger partial charge is 0.123 e. The predicted molar refractivity (Wildman–Crippen MR) is 61.0 cm³/mol. The molecule has 1 heterocycles. The normalized spacial score (nSPS) is 10.3. The number of aromatic nitrogens is 1. The summed E-state index contributed by atoms with van der Waals surface area (Å²) < 4.78 is 0. The monoisotopic (exact) mass is 232 g/mol. The molecule has 1 aromatic carbocycles. The number of aryl methyl sites for hydroxylation is 1. The molecular formula is C12H10NO2S-. The minimum absolute atomic E-state index is 0.116. The maximum absolute atomic E-state index is 10.5. The first-order valence-corrected chi connectivity index (χ1v) is 5.70. The number of thiazole rings is 1. The van der Waals surface area contributed by atoms with Crippen LogP contribution in [0, 0.1) is 6.92 Å². The summed E-state index contributed by atoms with van der Waals surface area (Å²) in [6.45, 7) is 1.88. The van der Waals surface area contributed by atoms with Crippen molar-refractivity contribution in [3.8, 4) is 10.6 Å². The molecule has 1 aromatic heterocycles. The van der Waals surface area contributed by atoms with Crippen LogP contribution in [-0.4, -0.2) is 11.0 Å². The van der Waals surface area contributed by atoms with Gasteiger partial charge in [-0.05, 0) is 6.92 Å². The molecule has 3 nitrogen and oxygen atoms in total. The SMILES string of the molecule is Cc1sc(-c2ccccc2)nc1CC(=O)[O-]. The van der Waals surface area contributed by atoms with Crippen molar-refractivity contribution in [1.29, 1.82) is 0 Å². The molecule has 4 heteroatoms. The van der Waals surface area contributed by atoms with Gasteiger partial charge in [-0.25, -0.2) is 4.98 Å². The van der Waals surface area contributed by atoms with Crippen molar-refractivity contribution in [2.24, 2.45) is 0 Å². The zero-order valence-electron chi connectivity index (χ0n) is 8.77. The van der Waals surface area contributed by atoms with E-state index in [-0.39, 0.29) is 6.42 Å². The lowest BCUT2D eigenvalue weighted by Gasteiger charge is -1.98. The number of carboxylic acids is 1. The summed E-state index contributed by atoms with van der Waals surface area (Å²) in [6.07, 6.45) is -0.116. The summed E-state index contributed by atoms with van der Waals surface area (Å²) in [5.41, 5.74) is 1.61. The first-order valence-electron chi connectivity index (χ1n) is 4.88. The number of rotatable bonds is 3. The van der Waals surface area contributed by atoms with Gasteiger partial charge in [0.05, 0.1) is 5.69 Å². The van der Waals surface area contributed by atoms with Crippen LogP contribution in [0.3, 0.4) is 0 Å². The maximum Gasteiger partial charge on any atom is 0.123 e. The Morgan fingerprint density at radius 3 is 2.69 bits per heavy atom. The van der Waals surface area contributed by atoms with Gasteiger partial charge in [-0.3, -0.25) is 0 Å². The van der Waals surface area contributed by atoms with E-state index in [0.29, 0.717) is 5.69 Å². The van der Waals surface area contributed by atoms with Gasteiger partial charge in [0, 0.05) is 22.8 Å². The fourth-order valence-electron chi connectivity index (χ4n) is 1.43. The second-order valence-electron chi connectivity index (χ2n) is 3.44. The van der Waals surface area contributed by atoms with Crippen molar-refractivity contribution in [2.45, 2.75) is 13.3 Å². The highest BCUT2D eigenvalue weighted by Crippen LogP contribution is 2.27. The van der Waals surface area contributed by atoms with Crippen molar-refractivity contribution >= 4 is 17.3 Å². The van der Waals surface area contributed by atoms with Crippen LogP contribution in [0.2, 0.25) is 0 Å². The van der Waals surface area contributed by atoms with Gasteiger partial charge in [0.25, 0.3) is 0 Å². The number of hydrogen-bond acceptors (Lipinski definition) is 4. The number of aliphatic carboxylic acids is 1. The highest BCUT2D eigenvalue weighted by atomic mass is 32.1. The molecule has 0 atom stereocenters. The van der Waals surface area contributed by atoms with Crippen LogP contribution in [0.5, 0.6) is 0 Å². The number of hydrogen-bond donors (Lipinski definition) is 0. The molecule has 82 valence electrons. The molecule has 0 aliphatic heterocycles. The Hall–Kier alpha value is -1.68. The Kier molecular flexibility index (Phi) is 3.01. The summed E-state index contributed by atoms with van der Waals surface area (Å²) in [6, 6.07) is 9.73. The molecule has 0 saturated carbocycles. The molecule has 0 radical (unpaired) electrons. The van der Waals surface area contributed by atoms with Gasteiger partial charge in [-0.2, -0.15) is 0 Å². The molecule has 16 heavy (non-hydrogen) atoms. The van der Waals surface area contributed by atoms with E-state index in [1.807, 2.05) is 37.3 Å². The standard InChI is InChI=1S/C12H11NO2S/c1-8-10(7-11(14)15)13-12(16-8)9-5-3-2-4-6-9/h2-6H,7H2,1H3,(H,14,15)/p-1. The van der Waals surface area contributed by atoms with Crippen LogP contribution < -0.4 is 5.11 Å². The molecule has 0 spiro atoms. The van der Waals surface area contributed by atoms with Crippen molar-refractivity contribution < 1.29 is 9.90 Å². The van der Waals surface area contributed by atoms with Gasteiger partial charge < -0.3 is 9.90 Å². The molecule has 2 aromatic rings. The minimum atomic E-state index is -1.09. The molecule has 0 N–H and O–H groups in total. The Morgan fingerprint density at radius 1 is 1.38 bits per heavy atom. The van der Waals surface area contributed by atoms with Crippen molar-refractivity contribution in [1.82, 2.24) is 4.98 Å². The van der Waals surface area contributed by atoms with Gasteiger partial charge in [-0.1, -0.05) is 30.3 Å². The molecule has 0 unspecified atom stereocenters. The van der Waals surface area contributed by atoms with E-state index in [9.17, 15) is 9.90 Å². The zero-order valence-corrected chi connectivity index (χ0v) is 9.58. The Balaban J connectivity index is 2.34. The van der Waals surface area contributed by atoms with Gasteiger partial charge in [0.1, 0.15) is 5.01 Å². The lowest BCUT2D eigenvalue weighted by atomic mass is 10.2. The van der Waals surface area contributed by atoms with Gasteiger partial charge >= 0.3 is 0 Å². The van der Waals surface area contributed by atoms with Crippen LogP contribution in [0.25, 0.3) is 10.6 Å². The van der Waals surface area contributed by atoms with E-state index in [1.165, 1.54) is 11.3 Å². The molecule has 0 amide bonds. The van der Waals surface area contributed by atoms with E-state index in [1.54, 1.807) is 0 Å². The van der Waals surface area contributed by atoms with E-state index in [4.69, 9.17) is 0 Å². The quantitative estimate of drug-likeness (QED) is 0.804. The van der Waals surface area contributed by atoms with Crippen molar-refractivity contribution in [3.63, 3.8) is 0 Å². The third kappa shape index (κ3) is 2.28. The average molecular weight is 232 g/mol. The van der Waals surface area contributed by atoms with E-state index < -0.39 is 5.97 Å². The predicted octanol–water partition coefficient (Wildman–Crippen LogP) is 1.41. The lowest BCUT2D eigenvalue weighted by molar-refractivity contribution is -0.304. The van der Waals surface area contributed by atoms with Crippen LogP contribution in [0.1, 0.15) is 10.6 Å². The summed E-state index contributed by atoms with van der Waals surface area (Å²) in [5, 5.41) is 11.4. The third-order valence-electron chi connectivity index (χ3n) is 2.23. The molecular weight excluding hydrogens is 222 g/mol. The highest BCUT2D eigenvalue weighted by Gasteiger charge is 2.08. The maximum atomic E-state index is 10.5. The lowest BCUT2D eigenvalue weighted by Crippen LogP contribution is -2.24. The fourth-order valence-corrected chi connectivity index (χ4v) is 2.37. The largest absolute Gasteiger partial charge is 0.550 e. The van der Waals surface area contributed by atoms with Crippen LogP contribution >= 0.6 is 11.3 Å². The van der Waals surface area contributed by atoms with Crippen LogP contribution in [0.15, 0.2) is 30.3 Å². The molecule has 0 bridgehead atoms. The fraction of sp³-hybridized carbons (Fsp3) is 0.167. The average Bonchev–Trinajstić information content (AvgIpc) is 2.61. The van der Waals surface area contributed by atoms with Gasteiger partial charge in [0.15, 0.2) is 0 Å². The van der Waals surface area contributed by atoms with Crippen LogP contribution in [-0.2, 0) is 11.2 Å². The summed E-state index contributed by atoms with van der Waals surface area (Å²) in [5.74, 6) is -1.09. The minimum Gasteiger partial charge on any atom is -0.550 e. The molecule has 0 fully saturated rings. The van der Waals surface area contributed by atoms with Crippen molar-refractivity contribution in [3.05, 3.63) is 40.9 Å². The third-order valence-corrected chi connectivity index (χ3v) is 3.29. The topological polar surface area (TPSA) is 53.0 Å². The second-order valence-corrected chi connectivity index (χ2v) is 4.64. The zero-order chi connectivity index (χ0) is 11.5. The van der Waals surface area contributed by atoms with E-state index >= 15 is 0 Å². The Labute approximate surface area is 97.4 Å². The first kappa shape index (κ1) is 10.8.